The number of aryl methyl sites for hydroxylation is 1. The Balaban J connectivity index is 2.65. The van der Waals surface area contributed by atoms with E-state index in [0.717, 1.165) is 5.69 Å². The maximum absolute atomic E-state index is 11.4. The number of carbonyl (C=O) groups excluding carboxylic acids is 1. The minimum atomic E-state index is -0.262. The lowest BCUT2D eigenvalue weighted by Crippen LogP contribution is -2.32. The summed E-state index contributed by atoms with van der Waals surface area (Å²) in [5.74, 6) is -0.262. The molecular formula is C9H11N3OS. The molecule has 0 aliphatic rings. The summed E-state index contributed by atoms with van der Waals surface area (Å²) in [7, 11) is 0. The maximum Gasteiger partial charge on any atom is 0.270 e. The van der Waals surface area contributed by atoms with Crippen molar-refractivity contribution in [1.82, 2.24) is 10.3 Å². The fourth-order valence-electron chi connectivity index (χ4n) is 0.927. The zero-order chi connectivity index (χ0) is 10.6. The summed E-state index contributed by atoms with van der Waals surface area (Å²) in [4.78, 5) is 15.7. The van der Waals surface area contributed by atoms with Crippen LogP contribution in [0.5, 0.6) is 0 Å². The van der Waals surface area contributed by atoms with Crippen LogP contribution >= 0.6 is 12.2 Å². The van der Waals surface area contributed by atoms with Gasteiger partial charge in [0, 0.05) is 5.69 Å². The topological polar surface area (TPSA) is 68.0 Å². The van der Waals surface area contributed by atoms with Crippen LogP contribution in [0.1, 0.15) is 16.2 Å². The summed E-state index contributed by atoms with van der Waals surface area (Å²) in [6, 6.07) is 5.24. The van der Waals surface area contributed by atoms with Crippen molar-refractivity contribution < 1.29 is 4.79 Å². The number of pyridine rings is 1. The molecule has 0 bridgehead atoms. The molecular weight excluding hydrogens is 198 g/mol. The molecule has 1 amide bonds. The molecule has 74 valence electrons. The van der Waals surface area contributed by atoms with Gasteiger partial charge in [-0.3, -0.25) is 4.79 Å². The first-order chi connectivity index (χ1) is 6.59. The first-order valence-electron chi connectivity index (χ1n) is 4.10. The van der Waals surface area contributed by atoms with Crippen molar-refractivity contribution in [3.05, 3.63) is 29.6 Å². The van der Waals surface area contributed by atoms with E-state index in [-0.39, 0.29) is 17.4 Å². The molecule has 3 N–H and O–H groups in total. The number of nitrogens with two attached hydrogens (primary N) is 1. The molecule has 0 aromatic carbocycles. The Morgan fingerprint density at radius 3 is 2.93 bits per heavy atom. The number of hydrogen-bond acceptors (Lipinski definition) is 3. The Bertz CT molecular complexity index is 365. The van der Waals surface area contributed by atoms with Gasteiger partial charge in [-0.25, -0.2) is 4.98 Å². The molecule has 0 unspecified atom stereocenters. The summed E-state index contributed by atoms with van der Waals surface area (Å²) in [6.07, 6.45) is 0. The fraction of sp³-hybridized carbons (Fsp3) is 0.222. The Morgan fingerprint density at radius 1 is 1.64 bits per heavy atom. The zero-order valence-electron chi connectivity index (χ0n) is 7.78. The maximum atomic E-state index is 11.4. The monoisotopic (exact) mass is 209 g/mol. The summed E-state index contributed by atoms with van der Waals surface area (Å²) in [5.41, 5.74) is 6.42. The number of nitrogens with zero attached hydrogens (tertiary/aromatic N) is 1. The van der Waals surface area contributed by atoms with Crippen LogP contribution in [0, 0.1) is 6.92 Å². The molecule has 0 aliphatic carbocycles. The van der Waals surface area contributed by atoms with Gasteiger partial charge in [0.1, 0.15) is 5.69 Å². The SMILES string of the molecule is Cc1cccc(C(=O)NCC(N)=S)n1. The lowest BCUT2D eigenvalue weighted by Gasteiger charge is -2.03. The third-order valence-electron chi connectivity index (χ3n) is 1.54. The minimum Gasteiger partial charge on any atom is -0.392 e. The third-order valence-corrected chi connectivity index (χ3v) is 1.69. The zero-order valence-corrected chi connectivity index (χ0v) is 8.60. The normalized spacial score (nSPS) is 9.50. The first kappa shape index (κ1) is 10.6. The molecule has 4 nitrogen and oxygen atoms in total. The van der Waals surface area contributed by atoms with Crippen molar-refractivity contribution >= 4 is 23.1 Å². The minimum absolute atomic E-state index is 0.198. The lowest BCUT2D eigenvalue weighted by atomic mass is 10.3. The smallest absolute Gasteiger partial charge is 0.270 e. The van der Waals surface area contributed by atoms with Crippen molar-refractivity contribution in [3.63, 3.8) is 0 Å². The highest BCUT2D eigenvalue weighted by atomic mass is 32.1. The second kappa shape index (κ2) is 4.66. The molecule has 14 heavy (non-hydrogen) atoms. The van der Waals surface area contributed by atoms with Crippen LogP contribution in [-0.2, 0) is 0 Å². The van der Waals surface area contributed by atoms with Gasteiger partial charge in [0.05, 0.1) is 11.5 Å². The molecule has 0 aliphatic heterocycles. The highest BCUT2D eigenvalue weighted by Crippen LogP contribution is 1.97. The molecule has 1 heterocycles. The van der Waals surface area contributed by atoms with Crippen molar-refractivity contribution in [1.29, 1.82) is 0 Å². The van der Waals surface area contributed by atoms with E-state index in [1.807, 2.05) is 13.0 Å². The standard InChI is InChI=1S/C9H11N3OS/c1-6-3-2-4-7(12-6)9(13)11-5-8(10)14/h2-4H,5H2,1H3,(H2,10,14)(H,11,13). The first-order valence-corrected chi connectivity index (χ1v) is 4.50. The van der Waals surface area contributed by atoms with E-state index in [2.05, 4.69) is 22.5 Å². The highest BCUT2D eigenvalue weighted by Gasteiger charge is 2.05. The second-order valence-corrected chi connectivity index (χ2v) is 3.34. The predicted molar refractivity (Wildman–Crippen MR) is 58.1 cm³/mol. The Hall–Kier alpha value is -1.49. The van der Waals surface area contributed by atoms with Gasteiger partial charge in [0.15, 0.2) is 0 Å². The van der Waals surface area contributed by atoms with E-state index < -0.39 is 0 Å². The van der Waals surface area contributed by atoms with Gasteiger partial charge in [0.2, 0.25) is 0 Å². The number of amides is 1. The van der Waals surface area contributed by atoms with Crippen molar-refractivity contribution in [2.75, 3.05) is 6.54 Å². The Kier molecular flexibility index (Phi) is 3.53. The van der Waals surface area contributed by atoms with E-state index in [1.54, 1.807) is 12.1 Å². The van der Waals surface area contributed by atoms with Crippen LogP contribution in [0.4, 0.5) is 0 Å². The Labute approximate surface area is 87.5 Å². The predicted octanol–water partition coefficient (Wildman–Crippen LogP) is 0.406. The average molecular weight is 209 g/mol. The van der Waals surface area contributed by atoms with Gasteiger partial charge in [-0.2, -0.15) is 0 Å². The molecule has 1 aromatic heterocycles. The number of carbonyl (C=O) groups is 1. The van der Waals surface area contributed by atoms with Crippen LogP contribution < -0.4 is 11.1 Å². The molecule has 5 heteroatoms. The third kappa shape index (κ3) is 3.10. The summed E-state index contributed by atoms with van der Waals surface area (Å²) in [5, 5.41) is 2.56. The van der Waals surface area contributed by atoms with Crippen molar-refractivity contribution in [2.45, 2.75) is 6.92 Å². The Morgan fingerprint density at radius 2 is 2.36 bits per heavy atom. The van der Waals surface area contributed by atoms with E-state index in [4.69, 9.17) is 5.73 Å². The average Bonchev–Trinajstić information content (AvgIpc) is 2.14. The van der Waals surface area contributed by atoms with Crippen LogP contribution in [0.3, 0.4) is 0 Å². The molecule has 0 atom stereocenters. The number of nitrogens with one attached hydrogen (secondary N) is 1. The summed E-state index contributed by atoms with van der Waals surface area (Å²) < 4.78 is 0. The second-order valence-electron chi connectivity index (χ2n) is 2.81. The molecule has 0 saturated heterocycles. The highest BCUT2D eigenvalue weighted by molar-refractivity contribution is 7.80. The molecule has 0 spiro atoms. The van der Waals surface area contributed by atoms with Gasteiger partial charge in [-0.05, 0) is 19.1 Å². The molecule has 1 aromatic rings. The summed E-state index contributed by atoms with van der Waals surface area (Å²) in [6.45, 7) is 2.02. The van der Waals surface area contributed by atoms with Gasteiger partial charge in [0.25, 0.3) is 5.91 Å². The van der Waals surface area contributed by atoms with Gasteiger partial charge < -0.3 is 11.1 Å². The largest absolute Gasteiger partial charge is 0.392 e. The van der Waals surface area contributed by atoms with Gasteiger partial charge in [-0.15, -0.1) is 0 Å². The summed E-state index contributed by atoms with van der Waals surface area (Å²) >= 11 is 4.63. The van der Waals surface area contributed by atoms with E-state index >= 15 is 0 Å². The van der Waals surface area contributed by atoms with E-state index in [1.165, 1.54) is 0 Å². The van der Waals surface area contributed by atoms with E-state index in [9.17, 15) is 4.79 Å². The van der Waals surface area contributed by atoms with Crippen LogP contribution in [0.15, 0.2) is 18.2 Å². The van der Waals surface area contributed by atoms with Crippen LogP contribution in [-0.4, -0.2) is 22.4 Å². The van der Waals surface area contributed by atoms with E-state index in [0.29, 0.717) is 5.69 Å². The molecule has 0 radical (unpaired) electrons. The van der Waals surface area contributed by atoms with Crippen LogP contribution in [0.25, 0.3) is 0 Å². The molecule has 0 saturated carbocycles. The fourth-order valence-corrected chi connectivity index (χ4v) is 1.000. The number of thiocarbonyl (C=S) groups is 1. The lowest BCUT2D eigenvalue weighted by molar-refractivity contribution is 0.0954. The number of aromatic nitrogens is 1. The quantitative estimate of drug-likeness (QED) is 0.707. The van der Waals surface area contributed by atoms with Crippen molar-refractivity contribution in [3.8, 4) is 0 Å². The van der Waals surface area contributed by atoms with Crippen LogP contribution in [0.2, 0.25) is 0 Å². The molecule has 0 fully saturated rings. The number of hydrogen-bond donors (Lipinski definition) is 2. The molecule has 1 rings (SSSR count). The van der Waals surface area contributed by atoms with Crippen molar-refractivity contribution in [2.24, 2.45) is 5.73 Å². The van der Waals surface area contributed by atoms with Gasteiger partial charge in [-0.1, -0.05) is 18.3 Å². The van der Waals surface area contributed by atoms with Gasteiger partial charge >= 0.3 is 0 Å². The number of rotatable bonds is 3.